The third-order valence-electron chi connectivity index (χ3n) is 3.38. The molecule has 4 nitrogen and oxygen atoms in total. The average molecular weight is 368 g/mol. The first-order chi connectivity index (χ1) is 11.1. The van der Waals surface area contributed by atoms with Crippen LogP contribution in [0.4, 0.5) is 11.4 Å². The van der Waals surface area contributed by atoms with Crippen LogP contribution in [0.25, 0.3) is 0 Å². The number of anilines is 2. The standard InChI is InChI=1S/C16H15Cl2N3OS/c17-11-3-1-4-12(9-11)20-16(22)14-10-13(5-6-15(14)18)21-8-2-7-19-23-21/h1,3-6,9-10,19H,2,7-8H2,(H,20,22). The summed E-state index contributed by atoms with van der Waals surface area (Å²) in [7, 11) is 0. The zero-order valence-electron chi connectivity index (χ0n) is 12.2. The molecule has 2 N–H and O–H groups in total. The van der Waals surface area contributed by atoms with Crippen molar-refractivity contribution in [1.29, 1.82) is 0 Å². The highest BCUT2D eigenvalue weighted by Crippen LogP contribution is 2.28. The number of nitrogens with zero attached hydrogens (tertiary/aromatic N) is 1. The molecule has 0 aliphatic carbocycles. The molecule has 1 saturated heterocycles. The van der Waals surface area contributed by atoms with Gasteiger partial charge in [-0.05, 0) is 42.8 Å². The van der Waals surface area contributed by atoms with E-state index < -0.39 is 0 Å². The summed E-state index contributed by atoms with van der Waals surface area (Å²) in [6, 6.07) is 12.5. The van der Waals surface area contributed by atoms with E-state index in [2.05, 4.69) is 14.3 Å². The second-order valence-corrected chi connectivity index (χ2v) is 6.83. The number of hydrogen-bond donors (Lipinski definition) is 2. The Balaban J connectivity index is 1.81. The summed E-state index contributed by atoms with van der Waals surface area (Å²) in [5, 5.41) is 3.81. The molecule has 0 radical (unpaired) electrons. The van der Waals surface area contributed by atoms with Crippen LogP contribution >= 0.6 is 35.3 Å². The first kappa shape index (κ1) is 16.5. The molecule has 120 valence electrons. The van der Waals surface area contributed by atoms with Crippen molar-refractivity contribution in [2.45, 2.75) is 6.42 Å². The van der Waals surface area contributed by atoms with Crippen LogP contribution in [0.1, 0.15) is 16.8 Å². The van der Waals surface area contributed by atoms with Crippen LogP contribution < -0.4 is 14.3 Å². The van der Waals surface area contributed by atoms with Crippen LogP contribution in [0.15, 0.2) is 42.5 Å². The second-order valence-electron chi connectivity index (χ2n) is 5.07. The SMILES string of the molecule is O=C(Nc1cccc(Cl)c1)c1cc(N2CCCNS2)ccc1Cl. The Labute approximate surface area is 149 Å². The van der Waals surface area contributed by atoms with Gasteiger partial charge in [0.25, 0.3) is 5.91 Å². The third-order valence-corrected chi connectivity index (χ3v) is 4.89. The van der Waals surface area contributed by atoms with E-state index in [1.165, 1.54) is 12.1 Å². The molecule has 0 atom stereocenters. The fourth-order valence-corrected chi connectivity index (χ4v) is 3.48. The first-order valence-corrected chi connectivity index (χ1v) is 8.70. The molecule has 0 unspecified atom stereocenters. The minimum absolute atomic E-state index is 0.255. The van der Waals surface area contributed by atoms with Crippen LogP contribution in [0.3, 0.4) is 0 Å². The zero-order chi connectivity index (χ0) is 16.2. The lowest BCUT2D eigenvalue weighted by Crippen LogP contribution is -2.30. The third kappa shape index (κ3) is 4.12. The van der Waals surface area contributed by atoms with Crippen molar-refractivity contribution in [3.05, 3.63) is 58.1 Å². The molecule has 0 saturated carbocycles. The van der Waals surface area contributed by atoms with E-state index in [9.17, 15) is 4.79 Å². The van der Waals surface area contributed by atoms with Gasteiger partial charge in [-0.3, -0.25) is 4.79 Å². The number of carbonyl (C=O) groups excluding carboxylic acids is 1. The van der Waals surface area contributed by atoms with Crippen molar-refractivity contribution in [3.8, 4) is 0 Å². The van der Waals surface area contributed by atoms with Crippen LogP contribution in [-0.4, -0.2) is 19.0 Å². The number of nitrogens with one attached hydrogen (secondary N) is 2. The number of amides is 1. The average Bonchev–Trinajstić information content (AvgIpc) is 2.56. The van der Waals surface area contributed by atoms with Crippen molar-refractivity contribution in [2.24, 2.45) is 0 Å². The van der Waals surface area contributed by atoms with Gasteiger partial charge in [0, 0.05) is 41.6 Å². The molecular weight excluding hydrogens is 353 g/mol. The quantitative estimate of drug-likeness (QED) is 0.777. The molecular formula is C16H15Cl2N3OS. The maximum absolute atomic E-state index is 12.5. The summed E-state index contributed by atoms with van der Waals surface area (Å²) >= 11 is 13.7. The number of hydrogen-bond acceptors (Lipinski definition) is 4. The molecule has 2 aromatic carbocycles. The first-order valence-electron chi connectivity index (χ1n) is 7.17. The lowest BCUT2D eigenvalue weighted by Gasteiger charge is -2.27. The Bertz CT molecular complexity index is 720. The van der Waals surface area contributed by atoms with Gasteiger partial charge in [-0.1, -0.05) is 29.3 Å². The summed E-state index contributed by atoms with van der Waals surface area (Å²) in [5.74, 6) is -0.255. The topological polar surface area (TPSA) is 44.4 Å². The Morgan fingerprint density at radius 3 is 2.83 bits per heavy atom. The van der Waals surface area contributed by atoms with E-state index in [0.717, 1.165) is 25.2 Å². The van der Waals surface area contributed by atoms with Gasteiger partial charge in [0.05, 0.1) is 10.6 Å². The summed E-state index contributed by atoms with van der Waals surface area (Å²) in [6.45, 7) is 1.91. The largest absolute Gasteiger partial charge is 0.322 e. The predicted molar refractivity (Wildman–Crippen MR) is 98.4 cm³/mol. The minimum Gasteiger partial charge on any atom is -0.322 e. The maximum Gasteiger partial charge on any atom is 0.257 e. The minimum atomic E-state index is -0.255. The Hall–Kier alpha value is -1.40. The van der Waals surface area contributed by atoms with Crippen molar-refractivity contribution in [1.82, 2.24) is 4.72 Å². The van der Waals surface area contributed by atoms with Gasteiger partial charge < -0.3 is 9.62 Å². The highest BCUT2D eigenvalue weighted by Gasteiger charge is 2.16. The number of carbonyl (C=O) groups is 1. The molecule has 1 amide bonds. The number of rotatable bonds is 3. The van der Waals surface area contributed by atoms with Gasteiger partial charge in [0.1, 0.15) is 0 Å². The van der Waals surface area contributed by atoms with Crippen molar-refractivity contribution >= 4 is 52.6 Å². The lowest BCUT2D eigenvalue weighted by atomic mass is 10.1. The Kier molecular flexibility index (Phi) is 5.33. The molecule has 1 fully saturated rings. The predicted octanol–water partition coefficient (Wildman–Crippen LogP) is 4.61. The van der Waals surface area contributed by atoms with Crippen molar-refractivity contribution in [2.75, 3.05) is 22.7 Å². The molecule has 7 heteroatoms. The van der Waals surface area contributed by atoms with Crippen molar-refractivity contribution in [3.63, 3.8) is 0 Å². The van der Waals surface area contributed by atoms with E-state index in [0.29, 0.717) is 21.3 Å². The molecule has 3 rings (SSSR count). The maximum atomic E-state index is 12.5. The second kappa shape index (κ2) is 7.45. The van der Waals surface area contributed by atoms with Crippen molar-refractivity contribution < 1.29 is 4.79 Å². The van der Waals surface area contributed by atoms with Gasteiger partial charge in [-0.15, -0.1) is 0 Å². The monoisotopic (exact) mass is 367 g/mol. The fourth-order valence-electron chi connectivity index (χ4n) is 2.25. The van der Waals surface area contributed by atoms with Gasteiger partial charge in [0.2, 0.25) is 0 Å². The molecule has 1 aliphatic heterocycles. The number of benzene rings is 2. The normalized spacial score (nSPS) is 14.6. The molecule has 0 spiro atoms. The van der Waals surface area contributed by atoms with E-state index >= 15 is 0 Å². The van der Waals surface area contributed by atoms with E-state index in [-0.39, 0.29) is 5.91 Å². The van der Waals surface area contributed by atoms with Gasteiger partial charge in [-0.25, -0.2) is 4.72 Å². The fraction of sp³-hybridized carbons (Fsp3) is 0.188. The molecule has 2 aromatic rings. The smallest absolute Gasteiger partial charge is 0.257 e. The van der Waals surface area contributed by atoms with Gasteiger partial charge in [-0.2, -0.15) is 0 Å². The van der Waals surface area contributed by atoms with Gasteiger partial charge in [0.15, 0.2) is 0 Å². The molecule has 0 aromatic heterocycles. The summed E-state index contributed by atoms with van der Waals surface area (Å²) in [5.41, 5.74) is 2.02. The molecule has 1 heterocycles. The molecule has 1 aliphatic rings. The van der Waals surface area contributed by atoms with E-state index in [1.807, 2.05) is 12.1 Å². The number of halogens is 2. The molecule has 23 heavy (non-hydrogen) atoms. The van der Waals surface area contributed by atoms with Gasteiger partial charge >= 0.3 is 0 Å². The highest BCUT2D eigenvalue weighted by atomic mass is 35.5. The van der Waals surface area contributed by atoms with Crippen LogP contribution in [0, 0.1) is 0 Å². The van der Waals surface area contributed by atoms with Crippen LogP contribution in [0.2, 0.25) is 10.0 Å². The Morgan fingerprint density at radius 2 is 2.09 bits per heavy atom. The zero-order valence-corrected chi connectivity index (χ0v) is 14.5. The molecule has 0 bridgehead atoms. The summed E-state index contributed by atoms with van der Waals surface area (Å²) in [6.07, 6.45) is 1.06. The summed E-state index contributed by atoms with van der Waals surface area (Å²) in [4.78, 5) is 12.5. The summed E-state index contributed by atoms with van der Waals surface area (Å²) < 4.78 is 5.34. The lowest BCUT2D eigenvalue weighted by molar-refractivity contribution is 0.102. The van der Waals surface area contributed by atoms with Crippen LogP contribution in [0.5, 0.6) is 0 Å². The highest BCUT2D eigenvalue weighted by molar-refractivity contribution is 7.98. The van der Waals surface area contributed by atoms with E-state index in [4.69, 9.17) is 23.2 Å². The Morgan fingerprint density at radius 1 is 1.22 bits per heavy atom. The van der Waals surface area contributed by atoms with E-state index in [1.54, 1.807) is 30.3 Å². The van der Waals surface area contributed by atoms with Crippen LogP contribution in [-0.2, 0) is 0 Å².